The summed E-state index contributed by atoms with van der Waals surface area (Å²) in [5, 5.41) is 16.8. The third-order valence-electron chi connectivity index (χ3n) is 4.83. The number of ether oxygens (including phenoxy) is 1. The molecule has 0 saturated carbocycles. The topological polar surface area (TPSA) is 64.4 Å². The molecular weight excluding hydrogens is 400 g/mol. The summed E-state index contributed by atoms with van der Waals surface area (Å²) >= 11 is 6.42. The predicted octanol–water partition coefficient (Wildman–Crippen LogP) is 6.59. The highest BCUT2D eigenvalue weighted by atomic mass is 35.5. The van der Waals surface area contributed by atoms with Crippen LogP contribution in [-0.4, -0.2) is 4.92 Å². The first-order valence-corrected chi connectivity index (χ1v) is 9.84. The predicted molar refractivity (Wildman–Crippen MR) is 120 cm³/mol. The summed E-state index contributed by atoms with van der Waals surface area (Å²) in [5.74, 6) is 0.628. The highest BCUT2D eigenvalue weighted by Crippen LogP contribution is 2.28. The van der Waals surface area contributed by atoms with E-state index in [4.69, 9.17) is 16.3 Å². The maximum atomic E-state index is 10.7. The third kappa shape index (κ3) is 4.53. The Balaban J connectivity index is 1.40. The largest absolute Gasteiger partial charge is 0.487 e. The molecule has 150 valence electrons. The normalized spacial score (nSPS) is 10.7. The van der Waals surface area contributed by atoms with Gasteiger partial charge in [0.05, 0.1) is 9.95 Å². The second-order valence-electron chi connectivity index (χ2n) is 6.85. The van der Waals surface area contributed by atoms with Crippen LogP contribution in [0.15, 0.2) is 84.9 Å². The molecule has 0 unspecified atom stereocenters. The first-order valence-electron chi connectivity index (χ1n) is 9.46. The minimum absolute atomic E-state index is 0.0660. The fraction of sp³-hybridized carbons (Fsp3) is 0.0833. The number of fused-ring (bicyclic) bond motifs is 1. The lowest BCUT2D eigenvalue weighted by Crippen LogP contribution is -2.01. The lowest BCUT2D eigenvalue weighted by Gasteiger charge is -2.12. The van der Waals surface area contributed by atoms with E-state index in [0.717, 1.165) is 16.8 Å². The van der Waals surface area contributed by atoms with Crippen molar-refractivity contribution in [2.75, 3.05) is 5.32 Å². The van der Waals surface area contributed by atoms with Crippen molar-refractivity contribution < 1.29 is 9.66 Å². The van der Waals surface area contributed by atoms with E-state index in [2.05, 4.69) is 29.6 Å². The molecule has 0 amide bonds. The Morgan fingerprint density at radius 2 is 1.70 bits per heavy atom. The van der Waals surface area contributed by atoms with Gasteiger partial charge in [0.1, 0.15) is 12.4 Å². The average molecular weight is 419 g/mol. The molecule has 0 aliphatic rings. The number of nitro benzene ring substituents is 1. The van der Waals surface area contributed by atoms with Gasteiger partial charge >= 0.3 is 0 Å². The minimum atomic E-state index is -0.416. The minimum Gasteiger partial charge on any atom is -0.487 e. The quantitative estimate of drug-likeness (QED) is 0.271. The Bertz CT molecular complexity index is 1190. The number of rotatable bonds is 7. The van der Waals surface area contributed by atoms with Gasteiger partial charge in [0.15, 0.2) is 0 Å². The first-order chi connectivity index (χ1) is 14.6. The number of hydrogen-bond acceptors (Lipinski definition) is 4. The van der Waals surface area contributed by atoms with Gasteiger partial charge < -0.3 is 10.1 Å². The van der Waals surface area contributed by atoms with Crippen LogP contribution in [-0.2, 0) is 13.2 Å². The van der Waals surface area contributed by atoms with E-state index in [1.54, 1.807) is 12.1 Å². The number of nitro groups is 1. The van der Waals surface area contributed by atoms with Crippen LogP contribution in [0.25, 0.3) is 10.8 Å². The van der Waals surface area contributed by atoms with Crippen molar-refractivity contribution in [2.24, 2.45) is 0 Å². The van der Waals surface area contributed by atoms with Gasteiger partial charge in [-0.25, -0.2) is 0 Å². The van der Waals surface area contributed by atoms with E-state index < -0.39 is 4.92 Å². The molecule has 0 fully saturated rings. The molecule has 0 aliphatic carbocycles. The van der Waals surface area contributed by atoms with Crippen LogP contribution in [0.1, 0.15) is 11.1 Å². The van der Waals surface area contributed by atoms with Gasteiger partial charge in [0.25, 0.3) is 5.69 Å². The lowest BCUT2D eigenvalue weighted by molar-refractivity contribution is -0.384. The van der Waals surface area contributed by atoms with Crippen molar-refractivity contribution in [3.8, 4) is 5.75 Å². The maximum Gasteiger partial charge on any atom is 0.269 e. The van der Waals surface area contributed by atoms with Crippen LogP contribution >= 0.6 is 11.6 Å². The van der Waals surface area contributed by atoms with Crippen molar-refractivity contribution in [1.82, 2.24) is 0 Å². The second-order valence-corrected chi connectivity index (χ2v) is 7.26. The average Bonchev–Trinajstić information content (AvgIpc) is 2.77. The Labute approximate surface area is 179 Å². The molecule has 4 aromatic rings. The molecule has 0 bridgehead atoms. The van der Waals surface area contributed by atoms with Crippen molar-refractivity contribution in [3.05, 3.63) is 111 Å². The van der Waals surface area contributed by atoms with E-state index in [1.807, 2.05) is 36.4 Å². The fourth-order valence-corrected chi connectivity index (χ4v) is 3.51. The Hall–Kier alpha value is -3.57. The Morgan fingerprint density at radius 1 is 0.933 bits per heavy atom. The number of anilines is 1. The van der Waals surface area contributed by atoms with Crippen molar-refractivity contribution in [3.63, 3.8) is 0 Å². The first kappa shape index (κ1) is 19.7. The molecule has 0 heterocycles. The summed E-state index contributed by atoms with van der Waals surface area (Å²) in [7, 11) is 0. The second kappa shape index (κ2) is 8.84. The standard InChI is InChI=1S/C24H19ClN2O3/c25-23-14-17(15-26-20-9-11-21(12-10-20)27(28)29)8-13-24(23)30-16-19-6-3-5-18-4-1-2-7-22(18)19/h1-14,26H,15-16H2. The molecule has 4 rings (SSSR count). The monoisotopic (exact) mass is 418 g/mol. The summed E-state index contributed by atoms with van der Waals surface area (Å²) in [6.07, 6.45) is 0. The molecule has 0 radical (unpaired) electrons. The molecule has 4 aromatic carbocycles. The molecule has 0 atom stereocenters. The summed E-state index contributed by atoms with van der Waals surface area (Å²) < 4.78 is 5.97. The number of hydrogen-bond donors (Lipinski definition) is 1. The van der Waals surface area contributed by atoms with E-state index in [9.17, 15) is 10.1 Å². The lowest BCUT2D eigenvalue weighted by atomic mass is 10.1. The van der Waals surface area contributed by atoms with Gasteiger partial charge in [0, 0.05) is 24.4 Å². The van der Waals surface area contributed by atoms with Crippen LogP contribution in [0.3, 0.4) is 0 Å². The zero-order valence-corrected chi connectivity index (χ0v) is 16.8. The molecule has 0 aliphatic heterocycles. The smallest absolute Gasteiger partial charge is 0.269 e. The third-order valence-corrected chi connectivity index (χ3v) is 5.13. The van der Waals surface area contributed by atoms with Crippen LogP contribution < -0.4 is 10.1 Å². The molecular formula is C24H19ClN2O3. The van der Waals surface area contributed by atoms with Gasteiger partial charge in [-0.05, 0) is 46.2 Å². The molecule has 5 nitrogen and oxygen atoms in total. The SMILES string of the molecule is O=[N+]([O-])c1ccc(NCc2ccc(OCc3cccc4ccccc34)c(Cl)c2)cc1. The zero-order valence-electron chi connectivity index (χ0n) is 16.0. The molecule has 0 saturated heterocycles. The van der Waals surface area contributed by atoms with Gasteiger partial charge in [0.2, 0.25) is 0 Å². The number of non-ortho nitro benzene ring substituents is 1. The summed E-state index contributed by atoms with van der Waals surface area (Å²) in [4.78, 5) is 10.3. The molecule has 1 N–H and O–H groups in total. The Morgan fingerprint density at radius 3 is 2.47 bits per heavy atom. The van der Waals surface area contributed by atoms with E-state index in [1.165, 1.54) is 22.9 Å². The summed E-state index contributed by atoms with van der Waals surface area (Å²) in [5.41, 5.74) is 2.95. The van der Waals surface area contributed by atoms with E-state index in [-0.39, 0.29) is 5.69 Å². The van der Waals surface area contributed by atoms with Gasteiger partial charge in [-0.15, -0.1) is 0 Å². The van der Waals surface area contributed by atoms with Gasteiger partial charge in [-0.3, -0.25) is 10.1 Å². The molecule has 0 spiro atoms. The van der Waals surface area contributed by atoms with Crippen LogP contribution in [0, 0.1) is 10.1 Å². The highest BCUT2D eigenvalue weighted by Gasteiger charge is 2.07. The van der Waals surface area contributed by atoms with Crippen molar-refractivity contribution in [1.29, 1.82) is 0 Å². The van der Waals surface area contributed by atoms with Crippen molar-refractivity contribution >= 4 is 33.7 Å². The summed E-state index contributed by atoms with van der Waals surface area (Å²) in [6.45, 7) is 0.975. The van der Waals surface area contributed by atoms with Crippen molar-refractivity contribution in [2.45, 2.75) is 13.2 Å². The maximum absolute atomic E-state index is 10.7. The van der Waals surface area contributed by atoms with Gasteiger partial charge in [-0.1, -0.05) is 60.1 Å². The van der Waals surface area contributed by atoms with Crippen LogP contribution in [0.4, 0.5) is 11.4 Å². The zero-order chi connectivity index (χ0) is 20.9. The summed E-state index contributed by atoms with van der Waals surface area (Å²) in [6, 6.07) is 26.3. The number of benzene rings is 4. The van der Waals surface area contributed by atoms with E-state index >= 15 is 0 Å². The van der Waals surface area contributed by atoms with E-state index in [0.29, 0.717) is 23.9 Å². The van der Waals surface area contributed by atoms with Crippen LogP contribution in [0.2, 0.25) is 5.02 Å². The fourth-order valence-electron chi connectivity index (χ4n) is 3.25. The number of halogens is 1. The molecule has 30 heavy (non-hydrogen) atoms. The highest BCUT2D eigenvalue weighted by molar-refractivity contribution is 6.32. The van der Waals surface area contributed by atoms with Crippen LogP contribution in [0.5, 0.6) is 5.75 Å². The van der Waals surface area contributed by atoms with Gasteiger partial charge in [-0.2, -0.15) is 0 Å². The molecule has 0 aromatic heterocycles. The number of nitrogens with one attached hydrogen (secondary N) is 1. The number of nitrogens with zero attached hydrogens (tertiary/aromatic N) is 1. The molecule has 6 heteroatoms. The Kier molecular flexibility index (Phi) is 5.82.